The van der Waals surface area contributed by atoms with E-state index in [0.717, 1.165) is 49.1 Å². The summed E-state index contributed by atoms with van der Waals surface area (Å²) >= 11 is 6.21. The minimum Gasteiger partial charge on any atom is -0.389 e. The van der Waals surface area contributed by atoms with Gasteiger partial charge in [-0.1, -0.05) is 91.7 Å². The van der Waals surface area contributed by atoms with Gasteiger partial charge in [-0.2, -0.15) is 0 Å². The molecule has 0 saturated carbocycles. The summed E-state index contributed by atoms with van der Waals surface area (Å²) in [6.45, 7) is 3.17. The van der Waals surface area contributed by atoms with Crippen LogP contribution in [0.25, 0.3) is 0 Å². The maximum atomic E-state index is 13.8. The van der Waals surface area contributed by atoms with Crippen molar-refractivity contribution in [3.05, 3.63) is 112 Å². The van der Waals surface area contributed by atoms with E-state index in [1.54, 1.807) is 29.2 Å². The summed E-state index contributed by atoms with van der Waals surface area (Å²) in [4.78, 5) is 33.8. The SMILES string of the molecule is CCCCN(C(=O)c1cccc(Cl)c1)c1nc2n(c1OC(=O)NC(c1ccccc1)c1ccccc1)CCCC2. The molecule has 0 saturated heterocycles. The lowest BCUT2D eigenvalue weighted by Gasteiger charge is -2.23. The van der Waals surface area contributed by atoms with Crippen LogP contribution < -0.4 is 15.0 Å². The number of benzene rings is 3. The van der Waals surface area contributed by atoms with Gasteiger partial charge >= 0.3 is 6.09 Å². The predicted molar refractivity (Wildman–Crippen MR) is 157 cm³/mol. The van der Waals surface area contributed by atoms with Crippen LogP contribution >= 0.6 is 11.6 Å². The first kappa shape index (κ1) is 27.5. The van der Waals surface area contributed by atoms with E-state index >= 15 is 0 Å². The Labute approximate surface area is 239 Å². The Balaban J connectivity index is 1.49. The number of ether oxygens (including phenoxy) is 1. The van der Waals surface area contributed by atoms with E-state index in [4.69, 9.17) is 21.3 Å². The molecule has 0 aliphatic carbocycles. The minimum absolute atomic E-state index is 0.233. The minimum atomic E-state index is -0.613. The molecule has 0 radical (unpaired) electrons. The van der Waals surface area contributed by atoms with Gasteiger partial charge in [-0.25, -0.2) is 9.78 Å². The van der Waals surface area contributed by atoms with E-state index in [9.17, 15) is 9.59 Å². The molecular formula is C32H33ClN4O3. The average Bonchev–Trinajstić information content (AvgIpc) is 3.34. The number of aryl methyl sites for hydroxylation is 1. The molecule has 40 heavy (non-hydrogen) atoms. The summed E-state index contributed by atoms with van der Waals surface area (Å²) in [5.74, 6) is 1.23. The predicted octanol–water partition coefficient (Wildman–Crippen LogP) is 7.20. The van der Waals surface area contributed by atoms with Gasteiger partial charge in [0.1, 0.15) is 5.82 Å². The fourth-order valence-electron chi connectivity index (χ4n) is 5.00. The van der Waals surface area contributed by atoms with Gasteiger partial charge in [0, 0.05) is 30.1 Å². The summed E-state index contributed by atoms with van der Waals surface area (Å²) in [5.41, 5.74) is 2.32. The molecule has 4 aromatic rings. The first-order valence-corrected chi connectivity index (χ1v) is 14.2. The molecule has 0 spiro atoms. The van der Waals surface area contributed by atoms with E-state index < -0.39 is 12.1 Å². The molecule has 7 nitrogen and oxygen atoms in total. The van der Waals surface area contributed by atoms with Gasteiger partial charge in [-0.3, -0.25) is 14.3 Å². The molecule has 0 unspecified atom stereocenters. The van der Waals surface area contributed by atoms with Gasteiger partial charge in [0.05, 0.1) is 6.04 Å². The maximum Gasteiger partial charge on any atom is 0.414 e. The van der Waals surface area contributed by atoms with Crippen LogP contribution in [-0.2, 0) is 13.0 Å². The second-order valence-electron chi connectivity index (χ2n) is 9.87. The summed E-state index contributed by atoms with van der Waals surface area (Å²) in [6.07, 6.45) is 3.72. The van der Waals surface area contributed by atoms with Crippen molar-refractivity contribution in [3.63, 3.8) is 0 Å². The number of amides is 2. The third-order valence-electron chi connectivity index (χ3n) is 7.04. The topological polar surface area (TPSA) is 76.5 Å². The highest BCUT2D eigenvalue weighted by Crippen LogP contribution is 2.34. The van der Waals surface area contributed by atoms with E-state index in [1.807, 2.05) is 65.2 Å². The zero-order valence-electron chi connectivity index (χ0n) is 22.6. The van der Waals surface area contributed by atoms with E-state index in [-0.39, 0.29) is 5.91 Å². The number of aromatic nitrogens is 2. The molecule has 5 rings (SSSR count). The number of halogens is 1. The zero-order valence-corrected chi connectivity index (χ0v) is 23.3. The number of rotatable bonds is 9. The lowest BCUT2D eigenvalue weighted by Crippen LogP contribution is -2.35. The van der Waals surface area contributed by atoms with Crippen molar-refractivity contribution in [2.75, 3.05) is 11.4 Å². The van der Waals surface area contributed by atoms with Gasteiger partial charge in [0.15, 0.2) is 5.82 Å². The summed E-state index contributed by atoms with van der Waals surface area (Å²) in [6, 6.07) is 26.0. The monoisotopic (exact) mass is 556 g/mol. The Kier molecular flexibility index (Phi) is 8.81. The molecule has 1 N–H and O–H groups in total. The number of anilines is 1. The van der Waals surface area contributed by atoms with Crippen molar-refractivity contribution in [1.29, 1.82) is 0 Å². The van der Waals surface area contributed by atoms with Crippen LogP contribution in [0.2, 0.25) is 5.02 Å². The second kappa shape index (κ2) is 12.8. The molecule has 2 heterocycles. The highest BCUT2D eigenvalue weighted by Gasteiger charge is 2.31. The number of hydrogen-bond acceptors (Lipinski definition) is 4. The van der Waals surface area contributed by atoms with Crippen molar-refractivity contribution < 1.29 is 14.3 Å². The number of imidazole rings is 1. The Morgan fingerprint density at radius 1 is 1.00 bits per heavy atom. The number of carbonyl (C=O) groups excluding carboxylic acids is 2. The van der Waals surface area contributed by atoms with Gasteiger partial charge in [0.25, 0.3) is 5.91 Å². The molecule has 1 aliphatic rings. The number of fused-ring (bicyclic) bond motifs is 1. The molecule has 206 valence electrons. The molecule has 0 bridgehead atoms. The molecule has 8 heteroatoms. The third-order valence-corrected chi connectivity index (χ3v) is 7.28. The normalized spacial score (nSPS) is 12.6. The average molecular weight is 557 g/mol. The molecule has 0 fully saturated rings. The molecule has 3 aromatic carbocycles. The Hall–Kier alpha value is -4.10. The smallest absolute Gasteiger partial charge is 0.389 e. The van der Waals surface area contributed by atoms with Crippen molar-refractivity contribution >= 4 is 29.4 Å². The van der Waals surface area contributed by atoms with Gasteiger partial charge in [0.2, 0.25) is 5.88 Å². The lowest BCUT2D eigenvalue weighted by atomic mass is 9.99. The van der Waals surface area contributed by atoms with Crippen molar-refractivity contribution in [2.24, 2.45) is 0 Å². The van der Waals surface area contributed by atoms with E-state index in [0.29, 0.717) is 35.4 Å². The maximum absolute atomic E-state index is 13.8. The van der Waals surface area contributed by atoms with Crippen molar-refractivity contribution in [2.45, 2.75) is 51.6 Å². The third kappa shape index (κ3) is 6.20. The lowest BCUT2D eigenvalue weighted by molar-refractivity contribution is 0.0984. The van der Waals surface area contributed by atoms with Gasteiger partial charge in [-0.15, -0.1) is 0 Å². The van der Waals surface area contributed by atoms with Crippen molar-refractivity contribution in [1.82, 2.24) is 14.9 Å². The van der Waals surface area contributed by atoms with Gasteiger partial charge in [-0.05, 0) is 48.6 Å². The highest BCUT2D eigenvalue weighted by molar-refractivity contribution is 6.31. The first-order valence-electron chi connectivity index (χ1n) is 13.8. The van der Waals surface area contributed by atoms with Crippen LogP contribution in [0.3, 0.4) is 0 Å². The van der Waals surface area contributed by atoms with E-state index in [2.05, 4.69) is 12.2 Å². The standard InChI is InChI=1S/C32H33ClN4O3/c1-2-3-20-37(30(38)25-17-12-18-26(33)22-25)29-31(36-21-11-10-19-27(36)34-29)40-32(39)35-28(23-13-6-4-7-14-23)24-15-8-5-9-16-24/h4-9,12-18,22,28H,2-3,10-11,19-21H2,1H3,(H,35,39). The number of nitrogens with one attached hydrogen (secondary N) is 1. The first-order chi connectivity index (χ1) is 19.5. The van der Waals surface area contributed by atoms with Crippen LogP contribution in [0.4, 0.5) is 10.6 Å². The van der Waals surface area contributed by atoms with Crippen LogP contribution in [-0.4, -0.2) is 28.1 Å². The largest absolute Gasteiger partial charge is 0.414 e. The molecule has 1 aromatic heterocycles. The van der Waals surface area contributed by atoms with Crippen LogP contribution in [0, 0.1) is 0 Å². The Bertz CT molecular complexity index is 1420. The molecule has 2 amide bonds. The van der Waals surface area contributed by atoms with E-state index in [1.165, 1.54) is 0 Å². The fourth-order valence-corrected chi connectivity index (χ4v) is 5.19. The Morgan fingerprint density at radius 2 is 1.70 bits per heavy atom. The quantitative estimate of drug-likeness (QED) is 0.236. The fraction of sp³-hybridized carbons (Fsp3) is 0.281. The molecular weight excluding hydrogens is 524 g/mol. The Morgan fingerprint density at radius 3 is 2.35 bits per heavy atom. The van der Waals surface area contributed by atoms with Gasteiger partial charge < -0.3 is 10.1 Å². The van der Waals surface area contributed by atoms with Crippen LogP contribution in [0.1, 0.15) is 66.0 Å². The number of unbranched alkanes of at least 4 members (excludes halogenated alkanes) is 1. The number of hydrogen-bond donors (Lipinski definition) is 1. The number of nitrogens with zero attached hydrogens (tertiary/aromatic N) is 3. The van der Waals surface area contributed by atoms with Crippen LogP contribution in [0.5, 0.6) is 5.88 Å². The summed E-state index contributed by atoms with van der Waals surface area (Å²) in [7, 11) is 0. The molecule has 1 aliphatic heterocycles. The second-order valence-corrected chi connectivity index (χ2v) is 10.3. The molecule has 0 atom stereocenters. The summed E-state index contributed by atoms with van der Waals surface area (Å²) in [5, 5.41) is 3.53. The summed E-state index contributed by atoms with van der Waals surface area (Å²) < 4.78 is 7.99. The van der Waals surface area contributed by atoms with Crippen molar-refractivity contribution in [3.8, 4) is 5.88 Å². The zero-order chi connectivity index (χ0) is 27.9. The number of carbonyl (C=O) groups is 2. The highest BCUT2D eigenvalue weighted by atomic mass is 35.5. The van der Waals surface area contributed by atoms with Crippen LogP contribution in [0.15, 0.2) is 84.9 Å².